The third-order valence-electron chi connectivity index (χ3n) is 3.24. The highest BCUT2D eigenvalue weighted by atomic mass is 35.5. The van der Waals surface area contributed by atoms with Gasteiger partial charge in [-0.2, -0.15) is 13.2 Å². The summed E-state index contributed by atoms with van der Waals surface area (Å²) in [6, 6.07) is 3.68. The molecule has 1 amide bonds. The monoisotopic (exact) mass is 423 g/mol. The number of hydrogen-bond acceptors (Lipinski definition) is 5. The molecule has 1 N–H and O–H groups in total. The van der Waals surface area contributed by atoms with Gasteiger partial charge in [-0.1, -0.05) is 23.2 Å². The summed E-state index contributed by atoms with van der Waals surface area (Å²) >= 11 is 11.4. The lowest BCUT2D eigenvalue weighted by atomic mass is 10.1. The van der Waals surface area contributed by atoms with Crippen molar-refractivity contribution in [1.82, 2.24) is 0 Å². The van der Waals surface area contributed by atoms with Gasteiger partial charge < -0.3 is 5.32 Å². The van der Waals surface area contributed by atoms with Crippen molar-refractivity contribution < 1.29 is 27.8 Å². The summed E-state index contributed by atoms with van der Waals surface area (Å²) in [5, 5.41) is 24.2. The fourth-order valence-electron chi connectivity index (χ4n) is 2.01. The predicted molar refractivity (Wildman–Crippen MR) is 89.2 cm³/mol. The number of nitro groups is 2. The number of nitro benzene ring substituents is 2. The van der Waals surface area contributed by atoms with Gasteiger partial charge in [-0.25, -0.2) is 0 Å². The van der Waals surface area contributed by atoms with Crippen molar-refractivity contribution in [3.8, 4) is 0 Å². The number of benzene rings is 2. The third-order valence-corrected chi connectivity index (χ3v) is 3.98. The number of carbonyl (C=O) groups is 1. The number of amides is 1. The largest absolute Gasteiger partial charge is 0.416 e. The fraction of sp³-hybridized carbons (Fsp3) is 0.0714. The molecule has 0 saturated heterocycles. The molecule has 0 fully saturated rings. The Hall–Kier alpha value is -2.92. The molecule has 0 bridgehead atoms. The minimum absolute atomic E-state index is 0.0410. The predicted octanol–water partition coefficient (Wildman–Crippen LogP) is 5.08. The molecule has 0 atom stereocenters. The molecule has 2 rings (SSSR count). The maximum Gasteiger partial charge on any atom is 0.416 e. The van der Waals surface area contributed by atoms with E-state index < -0.39 is 44.6 Å². The van der Waals surface area contributed by atoms with Crippen molar-refractivity contribution in [2.75, 3.05) is 5.32 Å². The molecule has 13 heteroatoms. The van der Waals surface area contributed by atoms with Crippen molar-refractivity contribution in [2.45, 2.75) is 6.18 Å². The van der Waals surface area contributed by atoms with Crippen LogP contribution in [0.2, 0.25) is 10.0 Å². The van der Waals surface area contributed by atoms with Gasteiger partial charge in [0.2, 0.25) is 0 Å². The summed E-state index contributed by atoms with van der Waals surface area (Å²) in [5.74, 6) is -1.07. The summed E-state index contributed by atoms with van der Waals surface area (Å²) in [6.07, 6.45) is -5.07. The van der Waals surface area contributed by atoms with Gasteiger partial charge >= 0.3 is 17.6 Å². The molecule has 0 aliphatic rings. The number of hydrogen-bond donors (Lipinski definition) is 1. The SMILES string of the molecule is O=C(Nc1c([N+](=O)[O-])cc(C(F)(F)F)cc1[N+](=O)[O-])c1ccc(Cl)c(Cl)c1. The van der Waals surface area contributed by atoms with Crippen molar-refractivity contribution in [1.29, 1.82) is 0 Å². The van der Waals surface area contributed by atoms with Crippen LogP contribution in [0.25, 0.3) is 0 Å². The Labute approximate surface area is 157 Å². The maximum absolute atomic E-state index is 12.9. The van der Waals surface area contributed by atoms with Crippen LogP contribution < -0.4 is 5.32 Å². The second kappa shape index (κ2) is 7.37. The second-order valence-corrected chi connectivity index (χ2v) is 5.80. The van der Waals surface area contributed by atoms with Crippen molar-refractivity contribution in [2.24, 2.45) is 0 Å². The van der Waals surface area contributed by atoms with E-state index in [0.717, 1.165) is 6.07 Å². The van der Waals surface area contributed by atoms with Gasteiger partial charge in [0, 0.05) is 17.7 Å². The molecule has 8 nitrogen and oxygen atoms in total. The van der Waals surface area contributed by atoms with E-state index in [1.807, 2.05) is 5.32 Å². The Kier molecular flexibility index (Phi) is 5.56. The van der Waals surface area contributed by atoms with E-state index in [2.05, 4.69) is 0 Å². The van der Waals surface area contributed by atoms with E-state index in [-0.39, 0.29) is 27.7 Å². The van der Waals surface area contributed by atoms with Crippen LogP contribution in [0.1, 0.15) is 15.9 Å². The Morgan fingerprint density at radius 3 is 1.89 bits per heavy atom. The topological polar surface area (TPSA) is 115 Å². The Balaban J connectivity index is 2.60. The second-order valence-electron chi connectivity index (χ2n) is 4.98. The molecule has 0 aliphatic heterocycles. The molecule has 0 radical (unpaired) electrons. The van der Waals surface area contributed by atoms with Crippen molar-refractivity contribution in [3.05, 3.63) is 71.7 Å². The zero-order valence-corrected chi connectivity index (χ0v) is 14.2. The molecule has 0 saturated carbocycles. The first-order valence-electron chi connectivity index (χ1n) is 6.72. The standard InChI is InChI=1S/C14H6Cl2F3N3O5/c15-8-2-1-6(3-9(8)16)13(23)20-12-10(21(24)25)4-7(14(17,18)19)5-11(12)22(26)27/h1-5H,(H,20,23). The van der Waals surface area contributed by atoms with Gasteiger partial charge in [0.05, 0.1) is 25.5 Å². The highest BCUT2D eigenvalue weighted by Gasteiger charge is 2.38. The Morgan fingerprint density at radius 1 is 0.963 bits per heavy atom. The number of nitrogens with one attached hydrogen (secondary N) is 1. The molecule has 0 heterocycles. The van der Waals surface area contributed by atoms with Crippen LogP contribution in [-0.2, 0) is 6.18 Å². The zero-order valence-electron chi connectivity index (χ0n) is 12.7. The van der Waals surface area contributed by atoms with Crippen LogP contribution >= 0.6 is 23.2 Å². The molecule has 142 valence electrons. The van der Waals surface area contributed by atoms with Crippen LogP contribution in [0.15, 0.2) is 30.3 Å². The highest BCUT2D eigenvalue weighted by molar-refractivity contribution is 6.42. The molecule has 0 spiro atoms. The van der Waals surface area contributed by atoms with Crippen LogP contribution in [-0.4, -0.2) is 15.8 Å². The summed E-state index contributed by atoms with van der Waals surface area (Å²) in [6.45, 7) is 0. The minimum atomic E-state index is -5.07. The first-order chi connectivity index (χ1) is 12.4. The Morgan fingerprint density at radius 2 is 1.48 bits per heavy atom. The summed E-state index contributed by atoms with van der Waals surface area (Å²) in [7, 11) is 0. The van der Waals surface area contributed by atoms with Gasteiger partial charge in [0.1, 0.15) is 0 Å². The molecule has 0 aromatic heterocycles. The molecule has 2 aromatic carbocycles. The van der Waals surface area contributed by atoms with E-state index in [4.69, 9.17) is 23.2 Å². The number of carbonyl (C=O) groups excluding carboxylic acids is 1. The van der Waals surface area contributed by atoms with E-state index in [0.29, 0.717) is 0 Å². The average molecular weight is 424 g/mol. The van der Waals surface area contributed by atoms with E-state index in [1.54, 1.807) is 0 Å². The fourth-order valence-corrected chi connectivity index (χ4v) is 2.31. The maximum atomic E-state index is 12.9. The molecular formula is C14H6Cl2F3N3O5. The number of halogens is 5. The molecule has 0 aliphatic carbocycles. The smallest absolute Gasteiger partial charge is 0.311 e. The Bertz CT molecular complexity index is 930. The first-order valence-corrected chi connectivity index (χ1v) is 7.48. The molecular weight excluding hydrogens is 418 g/mol. The quantitative estimate of drug-likeness (QED) is 0.543. The summed E-state index contributed by atoms with van der Waals surface area (Å²) in [4.78, 5) is 31.9. The van der Waals surface area contributed by atoms with Crippen molar-refractivity contribution >= 4 is 46.2 Å². The van der Waals surface area contributed by atoms with Gasteiger partial charge in [-0.05, 0) is 18.2 Å². The van der Waals surface area contributed by atoms with Crippen LogP contribution in [0, 0.1) is 20.2 Å². The van der Waals surface area contributed by atoms with Crippen LogP contribution in [0.4, 0.5) is 30.2 Å². The normalized spacial score (nSPS) is 11.1. The molecule has 2 aromatic rings. The van der Waals surface area contributed by atoms with E-state index in [9.17, 15) is 38.2 Å². The van der Waals surface area contributed by atoms with Gasteiger partial charge in [-0.3, -0.25) is 25.0 Å². The van der Waals surface area contributed by atoms with Crippen LogP contribution in [0.5, 0.6) is 0 Å². The molecule has 0 unspecified atom stereocenters. The third kappa shape index (κ3) is 4.44. The van der Waals surface area contributed by atoms with Gasteiger partial charge in [0.25, 0.3) is 5.91 Å². The summed E-state index contributed by atoms with van der Waals surface area (Å²) in [5.41, 5.74) is -5.34. The van der Waals surface area contributed by atoms with Gasteiger partial charge in [0.15, 0.2) is 5.69 Å². The lowest BCUT2D eigenvalue weighted by Gasteiger charge is -2.11. The van der Waals surface area contributed by atoms with E-state index in [1.165, 1.54) is 12.1 Å². The molecule has 27 heavy (non-hydrogen) atoms. The summed E-state index contributed by atoms with van der Waals surface area (Å²) < 4.78 is 38.6. The zero-order chi connectivity index (χ0) is 20.5. The highest BCUT2D eigenvalue weighted by Crippen LogP contribution is 2.41. The first kappa shape index (κ1) is 20.4. The average Bonchev–Trinajstić information content (AvgIpc) is 2.55. The van der Waals surface area contributed by atoms with Gasteiger partial charge in [-0.15, -0.1) is 0 Å². The number of rotatable bonds is 4. The lowest BCUT2D eigenvalue weighted by Crippen LogP contribution is -2.16. The number of anilines is 1. The minimum Gasteiger partial charge on any atom is -0.311 e. The number of alkyl halides is 3. The number of nitrogens with zero attached hydrogens (tertiary/aromatic N) is 2. The lowest BCUT2D eigenvalue weighted by molar-refractivity contribution is -0.392. The van der Waals surface area contributed by atoms with Crippen molar-refractivity contribution in [3.63, 3.8) is 0 Å². The van der Waals surface area contributed by atoms with E-state index >= 15 is 0 Å². The van der Waals surface area contributed by atoms with Crippen LogP contribution in [0.3, 0.4) is 0 Å².